The second-order valence-electron chi connectivity index (χ2n) is 6.59. The van der Waals surface area contributed by atoms with Crippen molar-refractivity contribution in [3.05, 3.63) is 59.4 Å². The van der Waals surface area contributed by atoms with Crippen LogP contribution in [0.4, 0.5) is 0 Å². The van der Waals surface area contributed by atoms with Crippen molar-refractivity contribution < 1.29 is 14.6 Å². The molecule has 0 spiro atoms. The molecule has 0 amide bonds. The molecule has 0 bridgehead atoms. The summed E-state index contributed by atoms with van der Waals surface area (Å²) in [6.07, 6.45) is 3.22. The molecule has 1 saturated heterocycles. The van der Waals surface area contributed by atoms with Gasteiger partial charge in [0.2, 0.25) is 0 Å². The summed E-state index contributed by atoms with van der Waals surface area (Å²) >= 11 is 0. The fraction of sp³-hybridized carbons (Fsp3) is 0.400. The van der Waals surface area contributed by atoms with Gasteiger partial charge in [-0.25, -0.2) is 0 Å². The summed E-state index contributed by atoms with van der Waals surface area (Å²) in [7, 11) is 1.66. The Hall–Kier alpha value is -2.40. The van der Waals surface area contributed by atoms with Crippen LogP contribution < -0.4 is 4.74 Å². The molecule has 1 fully saturated rings. The molecule has 1 aliphatic rings. The van der Waals surface area contributed by atoms with Gasteiger partial charge in [-0.1, -0.05) is 18.2 Å². The van der Waals surface area contributed by atoms with Gasteiger partial charge in [0.15, 0.2) is 0 Å². The number of aryl methyl sites for hydroxylation is 1. The zero-order valence-corrected chi connectivity index (χ0v) is 14.7. The number of hydrogen-bond donors (Lipinski definition) is 1. The highest BCUT2D eigenvalue weighted by Gasteiger charge is 2.30. The number of carboxylic acid groups (broad SMARTS) is 1. The number of benzene rings is 1. The molecule has 1 aromatic heterocycles. The number of pyridine rings is 1. The highest BCUT2D eigenvalue weighted by Crippen LogP contribution is 2.33. The topological polar surface area (TPSA) is 62.7 Å². The van der Waals surface area contributed by atoms with Crippen molar-refractivity contribution in [2.24, 2.45) is 5.92 Å². The largest absolute Gasteiger partial charge is 0.497 e. The lowest BCUT2D eigenvalue weighted by Gasteiger charge is -2.36. The van der Waals surface area contributed by atoms with Gasteiger partial charge in [-0.05, 0) is 62.2 Å². The molecule has 5 nitrogen and oxygen atoms in total. The predicted molar refractivity (Wildman–Crippen MR) is 95.7 cm³/mol. The number of aromatic nitrogens is 1. The lowest BCUT2D eigenvalue weighted by molar-refractivity contribution is -0.143. The lowest BCUT2D eigenvalue weighted by atomic mass is 9.93. The molecule has 1 aromatic carbocycles. The SMILES string of the molecule is COc1cccc(C(c2ccc(C)cn2)N2CCC(C(=O)O)CC2)c1. The van der Waals surface area contributed by atoms with Crippen LogP contribution in [0.2, 0.25) is 0 Å². The molecule has 132 valence electrons. The Bertz CT molecular complexity index is 722. The monoisotopic (exact) mass is 340 g/mol. The molecule has 1 N–H and O–H groups in total. The van der Waals surface area contributed by atoms with Crippen molar-refractivity contribution in [3.63, 3.8) is 0 Å². The number of carbonyl (C=O) groups is 1. The van der Waals surface area contributed by atoms with Crippen LogP contribution >= 0.6 is 0 Å². The molecule has 25 heavy (non-hydrogen) atoms. The van der Waals surface area contributed by atoms with E-state index in [2.05, 4.69) is 28.1 Å². The summed E-state index contributed by atoms with van der Waals surface area (Å²) in [6.45, 7) is 3.51. The Morgan fingerprint density at radius 3 is 2.64 bits per heavy atom. The molecule has 2 aromatic rings. The minimum atomic E-state index is -0.689. The minimum Gasteiger partial charge on any atom is -0.497 e. The molecular weight excluding hydrogens is 316 g/mol. The van der Waals surface area contributed by atoms with Crippen LogP contribution in [0.1, 0.15) is 35.7 Å². The molecule has 0 aliphatic carbocycles. The van der Waals surface area contributed by atoms with Gasteiger partial charge in [0.1, 0.15) is 5.75 Å². The molecule has 5 heteroatoms. The first-order valence-corrected chi connectivity index (χ1v) is 8.62. The van der Waals surface area contributed by atoms with E-state index < -0.39 is 5.97 Å². The predicted octanol–water partition coefficient (Wildman–Crippen LogP) is 3.28. The molecule has 1 unspecified atom stereocenters. The molecule has 1 atom stereocenters. The summed E-state index contributed by atoms with van der Waals surface area (Å²) in [5.74, 6) is -0.116. The maximum absolute atomic E-state index is 11.2. The number of ether oxygens (including phenoxy) is 1. The standard InChI is InChI=1S/C20H24N2O3/c1-14-6-7-18(21-13-14)19(16-4-3-5-17(12-16)25-2)22-10-8-15(9-11-22)20(23)24/h3-7,12-13,15,19H,8-11H2,1-2H3,(H,23,24). The highest BCUT2D eigenvalue weighted by molar-refractivity contribution is 5.70. The third-order valence-corrected chi connectivity index (χ3v) is 4.87. The van der Waals surface area contributed by atoms with Gasteiger partial charge in [-0.3, -0.25) is 14.7 Å². The van der Waals surface area contributed by atoms with E-state index >= 15 is 0 Å². The first kappa shape index (κ1) is 17.4. The second-order valence-corrected chi connectivity index (χ2v) is 6.59. The second kappa shape index (κ2) is 7.66. The summed E-state index contributed by atoms with van der Waals surface area (Å²) in [5.41, 5.74) is 3.22. The smallest absolute Gasteiger partial charge is 0.306 e. The van der Waals surface area contributed by atoms with E-state index in [-0.39, 0.29) is 12.0 Å². The van der Waals surface area contributed by atoms with Crippen LogP contribution in [0.15, 0.2) is 42.6 Å². The van der Waals surface area contributed by atoms with Gasteiger partial charge >= 0.3 is 5.97 Å². The van der Waals surface area contributed by atoms with Crippen LogP contribution in [0.5, 0.6) is 5.75 Å². The lowest BCUT2D eigenvalue weighted by Crippen LogP contribution is -2.39. The average molecular weight is 340 g/mol. The first-order valence-electron chi connectivity index (χ1n) is 8.62. The fourth-order valence-electron chi connectivity index (χ4n) is 3.43. The molecular formula is C20H24N2O3. The Kier molecular flexibility index (Phi) is 5.34. The summed E-state index contributed by atoms with van der Waals surface area (Å²) < 4.78 is 5.38. The number of methoxy groups -OCH3 is 1. The van der Waals surface area contributed by atoms with Crippen molar-refractivity contribution >= 4 is 5.97 Å². The van der Waals surface area contributed by atoms with Gasteiger partial charge in [0.25, 0.3) is 0 Å². The average Bonchev–Trinajstić information content (AvgIpc) is 2.64. The van der Waals surface area contributed by atoms with Crippen LogP contribution in [-0.2, 0) is 4.79 Å². The Labute approximate surface area is 148 Å². The van der Waals surface area contributed by atoms with Crippen LogP contribution in [0.3, 0.4) is 0 Å². The number of hydrogen-bond acceptors (Lipinski definition) is 4. The minimum absolute atomic E-state index is 0.00504. The molecule has 0 saturated carbocycles. The van der Waals surface area contributed by atoms with E-state index in [0.29, 0.717) is 12.8 Å². The van der Waals surface area contributed by atoms with Crippen molar-refractivity contribution in [2.45, 2.75) is 25.8 Å². The third-order valence-electron chi connectivity index (χ3n) is 4.87. The normalized spacial score (nSPS) is 17.2. The summed E-state index contributed by atoms with van der Waals surface area (Å²) in [4.78, 5) is 18.2. The molecule has 3 rings (SSSR count). The van der Waals surface area contributed by atoms with E-state index in [1.54, 1.807) is 7.11 Å². The zero-order chi connectivity index (χ0) is 17.8. The van der Waals surface area contributed by atoms with Gasteiger partial charge in [-0.2, -0.15) is 0 Å². The number of piperidine rings is 1. The maximum Gasteiger partial charge on any atom is 0.306 e. The third kappa shape index (κ3) is 3.99. The maximum atomic E-state index is 11.2. The zero-order valence-electron chi connectivity index (χ0n) is 14.7. The Balaban J connectivity index is 1.92. The van der Waals surface area contributed by atoms with Gasteiger partial charge in [0, 0.05) is 6.20 Å². The number of nitrogens with zero attached hydrogens (tertiary/aromatic N) is 2. The van der Waals surface area contributed by atoms with Crippen molar-refractivity contribution in [1.82, 2.24) is 9.88 Å². The Morgan fingerprint density at radius 2 is 2.04 bits per heavy atom. The number of carboxylic acids is 1. The van der Waals surface area contributed by atoms with E-state index in [0.717, 1.165) is 35.7 Å². The Morgan fingerprint density at radius 1 is 1.28 bits per heavy atom. The van der Waals surface area contributed by atoms with Gasteiger partial charge in [-0.15, -0.1) is 0 Å². The molecule has 1 aliphatic heterocycles. The molecule has 2 heterocycles. The van der Waals surface area contributed by atoms with Crippen LogP contribution in [0.25, 0.3) is 0 Å². The molecule has 0 radical (unpaired) electrons. The summed E-state index contributed by atoms with van der Waals surface area (Å²) in [6, 6.07) is 12.2. The number of likely N-dealkylation sites (tertiary alicyclic amines) is 1. The van der Waals surface area contributed by atoms with Crippen molar-refractivity contribution in [2.75, 3.05) is 20.2 Å². The van der Waals surface area contributed by atoms with Crippen LogP contribution in [-0.4, -0.2) is 41.2 Å². The van der Waals surface area contributed by atoms with Crippen molar-refractivity contribution in [1.29, 1.82) is 0 Å². The summed E-state index contributed by atoms with van der Waals surface area (Å²) in [5, 5.41) is 9.25. The highest BCUT2D eigenvalue weighted by atomic mass is 16.5. The first-order chi connectivity index (χ1) is 12.1. The van der Waals surface area contributed by atoms with Crippen molar-refractivity contribution in [3.8, 4) is 5.75 Å². The number of rotatable bonds is 5. The van der Waals surface area contributed by atoms with Crippen LogP contribution in [0, 0.1) is 12.8 Å². The number of aliphatic carboxylic acids is 1. The van der Waals surface area contributed by atoms with E-state index in [4.69, 9.17) is 4.74 Å². The van der Waals surface area contributed by atoms with E-state index in [1.165, 1.54) is 0 Å². The van der Waals surface area contributed by atoms with Gasteiger partial charge < -0.3 is 9.84 Å². The van der Waals surface area contributed by atoms with E-state index in [1.807, 2.05) is 31.3 Å². The van der Waals surface area contributed by atoms with E-state index in [9.17, 15) is 9.90 Å². The quantitative estimate of drug-likeness (QED) is 0.905. The van der Waals surface area contributed by atoms with Gasteiger partial charge in [0.05, 0.1) is 24.8 Å². The fourth-order valence-corrected chi connectivity index (χ4v) is 3.43.